The molecular formula is C34H45F2N8O+. The lowest BCUT2D eigenvalue weighted by atomic mass is 9.90. The second-order valence-electron chi connectivity index (χ2n) is 13.3. The van der Waals surface area contributed by atoms with Crippen LogP contribution in [0.1, 0.15) is 75.8 Å². The Bertz CT molecular complexity index is 1560. The normalized spacial score (nSPS) is 22.8. The topological polar surface area (TPSA) is 72.0 Å². The Kier molecular flexibility index (Phi) is 8.33. The standard InChI is InChI=1S/C34H45F2N8O/c1-22(45)42-16-12-31-30(21-42)34(39-44(31)27-8-6-25(7-9-27)41(3)26-10-13-37-14-11-26)43-15-4-5-23-17-28(24-19-38-40(2)20-24)29(33(35)36)18-32(23)43/h17-20,25-26,33,37H,4-16,21H2,1-3H3/q+1. The molecule has 1 aliphatic carbocycles. The molecule has 0 spiro atoms. The second kappa shape index (κ2) is 12.4. The van der Waals surface area contributed by atoms with Crippen LogP contribution in [0.5, 0.6) is 0 Å². The van der Waals surface area contributed by atoms with Gasteiger partial charge in [0.15, 0.2) is 5.71 Å². The zero-order valence-corrected chi connectivity index (χ0v) is 26.7. The molecule has 2 aromatic rings. The van der Waals surface area contributed by atoms with E-state index >= 15 is 0 Å². The summed E-state index contributed by atoms with van der Waals surface area (Å²) in [6.07, 6.45) is 9.89. The van der Waals surface area contributed by atoms with E-state index in [1.807, 2.05) is 11.0 Å². The van der Waals surface area contributed by atoms with E-state index in [9.17, 15) is 13.6 Å². The Morgan fingerprint density at radius 2 is 1.82 bits per heavy atom. The van der Waals surface area contributed by atoms with Crippen molar-refractivity contribution >= 4 is 23.1 Å². The lowest BCUT2D eigenvalue weighted by molar-refractivity contribution is -0.484. The lowest BCUT2D eigenvalue weighted by Crippen LogP contribution is -2.47. The van der Waals surface area contributed by atoms with Gasteiger partial charge in [0.1, 0.15) is 0 Å². The third-order valence-corrected chi connectivity index (χ3v) is 10.6. The van der Waals surface area contributed by atoms with Crippen LogP contribution in [0.15, 0.2) is 40.9 Å². The minimum absolute atomic E-state index is 0.0119. The van der Waals surface area contributed by atoms with Gasteiger partial charge in [-0.05, 0) is 81.9 Å². The molecule has 0 bridgehead atoms. The molecule has 1 amide bonds. The molecular weight excluding hydrogens is 574 g/mol. The fraction of sp³-hybridized carbons (Fsp3) is 0.588. The first-order valence-corrected chi connectivity index (χ1v) is 16.6. The van der Waals surface area contributed by atoms with Gasteiger partial charge in [-0.25, -0.2) is 8.78 Å². The average molecular weight is 620 g/mol. The van der Waals surface area contributed by atoms with E-state index in [1.54, 1.807) is 37.1 Å². The molecule has 45 heavy (non-hydrogen) atoms. The number of benzene rings is 1. The Balaban J connectivity index is 1.23. The number of hydrogen-bond donors (Lipinski definition) is 1. The maximum absolute atomic E-state index is 14.6. The van der Waals surface area contributed by atoms with Gasteiger partial charge in [-0.1, -0.05) is 4.68 Å². The fourth-order valence-electron chi connectivity index (χ4n) is 8.08. The molecule has 1 aromatic heterocycles. The third kappa shape index (κ3) is 5.73. The minimum Gasteiger partial charge on any atom is -0.338 e. The molecule has 0 unspecified atom stereocenters. The van der Waals surface area contributed by atoms with E-state index < -0.39 is 6.43 Å². The predicted octanol–water partition coefficient (Wildman–Crippen LogP) is 4.69. The summed E-state index contributed by atoms with van der Waals surface area (Å²) in [5.74, 6) is 0.862. The van der Waals surface area contributed by atoms with Crippen LogP contribution in [0.2, 0.25) is 0 Å². The molecule has 1 saturated heterocycles. The van der Waals surface area contributed by atoms with Crippen molar-refractivity contribution in [2.24, 2.45) is 12.1 Å². The third-order valence-electron chi connectivity index (χ3n) is 10.6. The molecule has 5 heterocycles. The number of alkyl halides is 2. The van der Waals surface area contributed by atoms with Crippen molar-refractivity contribution < 1.29 is 18.3 Å². The molecule has 5 aliphatic rings. The molecule has 11 heteroatoms. The first-order valence-electron chi connectivity index (χ1n) is 16.6. The number of aryl methyl sites for hydroxylation is 2. The second-order valence-corrected chi connectivity index (χ2v) is 13.3. The first-order chi connectivity index (χ1) is 21.8. The highest BCUT2D eigenvalue weighted by Crippen LogP contribution is 2.41. The van der Waals surface area contributed by atoms with Crippen molar-refractivity contribution in [3.05, 3.63) is 46.9 Å². The van der Waals surface area contributed by atoms with Gasteiger partial charge in [0.2, 0.25) is 17.4 Å². The van der Waals surface area contributed by atoms with Crippen LogP contribution in [0.25, 0.3) is 11.1 Å². The maximum atomic E-state index is 14.6. The summed E-state index contributed by atoms with van der Waals surface area (Å²) >= 11 is 0. The monoisotopic (exact) mass is 619 g/mol. The minimum atomic E-state index is -2.62. The van der Waals surface area contributed by atoms with Crippen LogP contribution in [0.4, 0.5) is 14.5 Å². The number of piperidine rings is 1. The Hall–Kier alpha value is -3.44. The van der Waals surface area contributed by atoms with E-state index in [-0.39, 0.29) is 11.5 Å². The largest absolute Gasteiger partial charge is 0.338 e. The smallest absolute Gasteiger partial charge is 0.264 e. The number of hydrogen-bond acceptors (Lipinski definition) is 6. The SMILES string of the molecule is CC(=O)N1CCC2=C(C1)C(N1CCCc3cc(-c4cnn(C)c4)c(C(F)F)cc31)=N[N+]2=C1CCC(N(C)C2CCNCC2)CC1. The highest BCUT2D eigenvalue weighted by Gasteiger charge is 2.43. The quantitative estimate of drug-likeness (QED) is 0.503. The van der Waals surface area contributed by atoms with Gasteiger partial charge >= 0.3 is 0 Å². The molecule has 1 N–H and O–H groups in total. The number of nitrogens with zero attached hydrogens (tertiary/aromatic N) is 7. The van der Waals surface area contributed by atoms with Gasteiger partial charge in [0.25, 0.3) is 6.43 Å². The Labute approximate surface area is 264 Å². The highest BCUT2D eigenvalue weighted by molar-refractivity contribution is 6.12. The summed E-state index contributed by atoms with van der Waals surface area (Å²) in [5.41, 5.74) is 6.66. The van der Waals surface area contributed by atoms with Crippen molar-refractivity contribution in [3.63, 3.8) is 0 Å². The zero-order chi connectivity index (χ0) is 31.2. The van der Waals surface area contributed by atoms with Crippen molar-refractivity contribution in [2.45, 2.75) is 83.2 Å². The Morgan fingerprint density at radius 1 is 1.07 bits per heavy atom. The van der Waals surface area contributed by atoms with Crippen LogP contribution in [0.3, 0.4) is 0 Å². The zero-order valence-electron chi connectivity index (χ0n) is 26.7. The van der Waals surface area contributed by atoms with Crippen molar-refractivity contribution in [1.82, 2.24) is 24.9 Å². The summed E-state index contributed by atoms with van der Waals surface area (Å²) < 4.78 is 33.0. The van der Waals surface area contributed by atoms with Gasteiger partial charge in [0, 0.05) is 80.1 Å². The van der Waals surface area contributed by atoms with Crippen LogP contribution in [-0.2, 0) is 18.3 Å². The number of halogens is 2. The molecule has 1 aromatic carbocycles. The van der Waals surface area contributed by atoms with Gasteiger partial charge in [-0.2, -0.15) is 5.10 Å². The molecule has 0 radical (unpaired) electrons. The summed E-state index contributed by atoms with van der Waals surface area (Å²) in [6, 6.07) is 4.83. The van der Waals surface area contributed by atoms with E-state index in [0.29, 0.717) is 42.8 Å². The maximum Gasteiger partial charge on any atom is 0.264 e. The van der Waals surface area contributed by atoms with Gasteiger partial charge in [0.05, 0.1) is 24.7 Å². The van der Waals surface area contributed by atoms with Gasteiger partial charge in [-0.15, -0.1) is 0 Å². The number of carbonyl (C=O) groups excluding carboxylic acids is 1. The molecule has 0 atom stereocenters. The number of rotatable bonds is 4. The number of nitrogens with one attached hydrogen (secondary N) is 1. The molecule has 2 fully saturated rings. The molecule has 7 rings (SSSR count). The first kappa shape index (κ1) is 30.2. The molecule has 1 saturated carbocycles. The summed E-state index contributed by atoms with van der Waals surface area (Å²) in [6.45, 7) is 5.68. The van der Waals surface area contributed by atoms with E-state index in [1.165, 1.54) is 24.3 Å². The van der Waals surface area contributed by atoms with Gasteiger partial charge in [-0.3, -0.25) is 9.48 Å². The number of carbonyl (C=O) groups is 1. The number of fused-ring (bicyclic) bond motifs is 1. The van der Waals surface area contributed by atoms with E-state index in [2.05, 4.69) is 31.9 Å². The average Bonchev–Trinajstić information content (AvgIpc) is 3.67. The summed E-state index contributed by atoms with van der Waals surface area (Å²) in [7, 11) is 4.10. The molecule has 9 nitrogen and oxygen atoms in total. The van der Waals surface area contributed by atoms with Crippen LogP contribution in [0, 0.1) is 0 Å². The predicted molar refractivity (Wildman–Crippen MR) is 172 cm³/mol. The summed E-state index contributed by atoms with van der Waals surface area (Å²) in [5, 5.41) is 13.0. The van der Waals surface area contributed by atoms with Crippen LogP contribution < -0.4 is 10.2 Å². The summed E-state index contributed by atoms with van der Waals surface area (Å²) in [4.78, 5) is 19.2. The molecule has 240 valence electrons. The van der Waals surface area contributed by atoms with Crippen LogP contribution in [-0.4, -0.2) is 93.6 Å². The number of aromatic nitrogens is 2. The van der Waals surface area contributed by atoms with E-state index in [4.69, 9.17) is 5.10 Å². The van der Waals surface area contributed by atoms with Crippen LogP contribution >= 0.6 is 0 Å². The molecule has 4 aliphatic heterocycles. The van der Waals surface area contributed by atoms with Crippen molar-refractivity contribution in [1.29, 1.82) is 0 Å². The highest BCUT2D eigenvalue weighted by atomic mass is 19.3. The number of hydrazone groups is 1. The fourth-order valence-corrected chi connectivity index (χ4v) is 8.08. The Morgan fingerprint density at radius 3 is 2.51 bits per heavy atom. The number of anilines is 1. The van der Waals surface area contributed by atoms with Crippen molar-refractivity contribution in [2.75, 3.05) is 44.7 Å². The number of amidine groups is 1. The van der Waals surface area contributed by atoms with Gasteiger partial charge < -0.3 is 20.0 Å². The van der Waals surface area contributed by atoms with E-state index in [0.717, 1.165) is 80.7 Å². The number of amides is 1. The lowest BCUT2D eigenvalue weighted by Gasteiger charge is -2.38. The van der Waals surface area contributed by atoms with Crippen molar-refractivity contribution in [3.8, 4) is 11.1 Å².